The first-order valence-corrected chi connectivity index (χ1v) is 11.4. The Morgan fingerprint density at radius 3 is 2.47 bits per heavy atom. The van der Waals surface area contributed by atoms with Crippen molar-refractivity contribution in [3.8, 4) is 29.4 Å². The fraction of sp³-hybridized carbons (Fsp3) is 0.0909. The molecule has 0 fully saturated rings. The molecule has 0 aliphatic carbocycles. The number of hydrogen-bond donors (Lipinski definition) is 2. The molecule has 0 bridgehead atoms. The molecule has 0 aliphatic heterocycles. The first-order chi connectivity index (χ1) is 16.1. The van der Waals surface area contributed by atoms with Crippen molar-refractivity contribution in [1.82, 2.24) is 4.98 Å². The van der Waals surface area contributed by atoms with Crippen LogP contribution < -0.4 is 19.9 Å². The van der Waals surface area contributed by atoms with E-state index in [-0.39, 0.29) is 44.8 Å². The summed E-state index contributed by atoms with van der Waals surface area (Å²) in [4.78, 5) is 16.3. The Labute approximate surface area is 200 Å². The molecule has 172 valence electrons. The summed E-state index contributed by atoms with van der Waals surface area (Å²) in [5.74, 6) is -0.0174. The maximum atomic E-state index is 12.4. The van der Waals surface area contributed by atoms with Gasteiger partial charge in [0.05, 0.1) is 34.6 Å². The highest BCUT2D eigenvalue weighted by Crippen LogP contribution is 2.34. The molecule has 1 amide bonds. The number of hydrogen-bond acceptors (Lipinski definition) is 8. The number of carbonyl (C=O) groups excluding carboxylic acids is 1. The molecule has 3 N–H and O–H groups in total. The topological polar surface area (TPSA) is 168 Å². The second kappa shape index (κ2) is 10.2. The number of primary sulfonamides is 1. The van der Waals surface area contributed by atoms with E-state index in [2.05, 4.69) is 10.3 Å². The summed E-state index contributed by atoms with van der Waals surface area (Å²) < 4.78 is 34.1. The highest BCUT2D eigenvalue weighted by atomic mass is 35.5. The number of halogens is 1. The van der Waals surface area contributed by atoms with Gasteiger partial charge >= 0.3 is 0 Å². The standard InChI is InChI=1S/C22H16ClN5O5S/c1-13-18(3-5-22(27-13)34(26,30)31)28-21(29)12-32-20-8-14(10-24)2-4-19(20)33-17-7-15(11-25)6-16(23)9-17/h2-9H,12H2,1H3,(H,28,29)(H2,26,30,31). The molecule has 0 aliphatic rings. The molecule has 3 rings (SSSR count). The number of anilines is 1. The van der Waals surface area contributed by atoms with Crippen molar-refractivity contribution in [2.24, 2.45) is 5.14 Å². The lowest BCUT2D eigenvalue weighted by atomic mass is 10.2. The van der Waals surface area contributed by atoms with Crippen LogP contribution in [0.2, 0.25) is 5.02 Å². The van der Waals surface area contributed by atoms with Crippen molar-refractivity contribution >= 4 is 33.2 Å². The third-order valence-electron chi connectivity index (χ3n) is 4.29. The van der Waals surface area contributed by atoms with Crippen LogP contribution in [-0.4, -0.2) is 25.9 Å². The van der Waals surface area contributed by atoms with Gasteiger partial charge in [-0.25, -0.2) is 18.5 Å². The lowest BCUT2D eigenvalue weighted by Gasteiger charge is -2.14. The Balaban J connectivity index is 1.76. The first kappa shape index (κ1) is 24.5. The zero-order valence-corrected chi connectivity index (χ0v) is 19.1. The van der Waals surface area contributed by atoms with E-state index in [1.807, 2.05) is 12.1 Å². The Bertz CT molecular complexity index is 1460. The minimum atomic E-state index is -3.98. The van der Waals surface area contributed by atoms with Gasteiger partial charge in [0.25, 0.3) is 15.9 Å². The summed E-state index contributed by atoms with van der Waals surface area (Å²) in [5.41, 5.74) is 1.07. The van der Waals surface area contributed by atoms with Crippen molar-refractivity contribution in [2.45, 2.75) is 11.9 Å². The Hall–Kier alpha value is -4.16. The SMILES string of the molecule is Cc1nc(S(N)(=O)=O)ccc1NC(=O)COc1cc(C#N)ccc1Oc1cc(Cl)cc(C#N)c1. The van der Waals surface area contributed by atoms with Gasteiger partial charge in [-0.1, -0.05) is 11.6 Å². The van der Waals surface area contributed by atoms with Gasteiger partial charge in [0.2, 0.25) is 0 Å². The van der Waals surface area contributed by atoms with Crippen molar-refractivity contribution in [2.75, 3.05) is 11.9 Å². The second-order valence-corrected chi connectivity index (χ2v) is 8.77. The van der Waals surface area contributed by atoms with Crippen LogP contribution in [0.1, 0.15) is 16.8 Å². The molecular formula is C22H16ClN5O5S. The van der Waals surface area contributed by atoms with E-state index in [1.54, 1.807) is 0 Å². The number of rotatable bonds is 7. The summed E-state index contributed by atoms with van der Waals surface area (Å²) in [7, 11) is -3.98. The van der Waals surface area contributed by atoms with E-state index >= 15 is 0 Å². The van der Waals surface area contributed by atoms with Crippen LogP contribution in [-0.2, 0) is 14.8 Å². The molecule has 10 nitrogen and oxygen atoms in total. The van der Waals surface area contributed by atoms with E-state index in [0.717, 1.165) is 0 Å². The van der Waals surface area contributed by atoms with Gasteiger partial charge in [-0.2, -0.15) is 10.5 Å². The third-order valence-corrected chi connectivity index (χ3v) is 5.31. The number of aryl methyl sites for hydroxylation is 1. The van der Waals surface area contributed by atoms with Gasteiger partial charge in [-0.05, 0) is 49.4 Å². The van der Waals surface area contributed by atoms with Crippen LogP contribution in [0.5, 0.6) is 17.2 Å². The van der Waals surface area contributed by atoms with Crippen LogP contribution in [0.3, 0.4) is 0 Å². The van der Waals surface area contributed by atoms with Crippen LogP contribution in [0.15, 0.2) is 53.6 Å². The van der Waals surface area contributed by atoms with E-state index in [4.69, 9.17) is 31.5 Å². The molecule has 0 spiro atoms. The molecule has 1 aromatic heterocycles. The molecule has 34 heavy (non-hydrogen) atoms. The number of pyridine rings is 1. The first-order valence-electron chi connectivity index (χ1n) is 9.45. The molecule has 3 aromatic rings. The number of nitrogens with two attached hydrogens (primary N) is 1. The number of ether oxygens (including phenoxy) is 2. The molecule has 1 heterocycles. The predicted octanol–water partition coefficient (Wildman–Crippen LogP) is 3.24. The van der Waals surface area contributed by atoms with Crippen molar-refractivity contribution in [3.63, 3.8) is 0 Å². The maximum Gasteiger partial charge on any atom is 0.262 e. The highest BCUT2D eigenvalue weighted by Gasteiger charge is 2.15. The van der Waals surface area contributed by atoms with Gasteiger partial charge in [0, 0.05) is 11.1 Å². The van der Waals surface area contributed by atoms with E-state index < -0.39 is 22.5 Å². The number of nitriles is 2. The molecule has 0 saturated heterocycles. The zero-order valence-electron chi connectivity index (χ0n) is 17.6. The maximum absolute atomic E-state index is 12.4. The number of aromatic nitrogens is 1. The summed E-state index contributed by atoms with van der Waals surface area (Å²) >= 11 is 6.01. The zero-order chi connectivity index (χ0) is 24.9. The number of nitrogens with zero attached hydrogens (tertiary/aromatic N) is 3. The average molecular weight is 498 g/mol. The summed E-state index contributed by atoms with van der Waals surface area (Å²) in [6, 6.07) is 15.3. The molecule has 0 saturated carbocycles. The predicted molar refractivity (Wildman–Crippen MR) is 122 cm³/mol. The highest BCUT2D eigenvalue weighted by molar-refractivity contribution is 7.89. The summed E-state index contributed by atoms with van der Waals surface area (Å²) in [6.45, 7) is 1.05. The molecule has 12 heteroatoms. The molecule has 2 aromatic carbocycles. The minimum absolute atomic E-state index is 0.104. The lowest BCUT2D eigenvalue weighted by Crippen LogP contribution is -2.21. The number of nitrogens with one attached hydrogen (secondary N) is 1. The van der Waals surface area contributed by atoms with Crippen LogP contribution in [0.25, 0.3) is 0 Å². The summed E-state index contributed by atoms with van der Waals surface area (Å²) in [6.07, 6.45) is 0. The molecule has 0 radical (unpaired) electrons. The van der Waals surface area contributed by atoms with Gasteiger partial charge in [0.1, 0.15) is 5.75 Å². The quantitative estimate of drug-likeness (QED) is 0.501. The Kier molecular flexibility index (Phi) is 7.34. The normalized spacial score (nSPS) is 10.6. The van der Waals surface area contributed by atoms with E-state index in [1.165, 1.54) is 55.5 Å². The fourth-order valence-electron chi connectivity index (χ4n) is 2.75. The largest absolute Gasteiger partial charge is 0.480 e. The smallest absolute Gasteiger partial charge is 0.262 e. The van der Waals surface area contributed by atoms with Gasteiger partial charge in [-0.15, -0.1) is 0 Å². The van der Waals surface area contributed by atoms with E-state index in [0.29, 0.717) is 5.02 Å². The summed E-state index contributed by atoms with van der Waals surface area (Å²) in [5, 5.41) is 25.9. The van der Waals surface area contributed by atoms with Crippen LogP contribution in [0, 0.1) is 29.6 Å². The monoisotopic (exact) mass is 497 g/mol. The van der Waals surface area contributed by atoms with Gasteiger partial charge in [-0.3, -0.25) is 4.79 Å². The fourth-order valence-corrected chi connectivity index (χ4v) is 3.49. The number of benzene rings is 2. The van der Waals surface area contributed by atoms with Crippen LogP contribution in [0.4, 0.5) is 5.69 Å². The van der Waals surface area contributed by atoms with Crippen molar-refractivity contribution in [3.05, 3.63) is 70.4 Å². The Morgan fingerprint density at radius 1 is 1.09 bits per heavy atom. The number of carbonyl (C=O) groups is 1. The number of amides is 1. The molecular weight excluding hydrogens is 482 g/mol. The number of sulfonamides is 1. The Morgan fingerprint density at radius 2 is 1.82 bits per heavy atom. The van der Waals surface area contributed by atoms with E-state index in [9.17, 15) is 18.5 Å². The minimum Gasteiger partial charge on any atom is -0.480 e. The van der Waals surface area contributed by atoms with Gasteiger partial charge < -0.3 is 14.8 Å². The third kappa shape index (κ3) is 6.21. The van der Waals surface area contributed by atoms with Gasteiger partial charge in [0.15, 0.2) is 23.1 Å². The average Bonchev–Trinajstić information content (AvgIpc) is 2.78. The lowest BCUT2D eigenvalue weighted by molar-refractivity contribution is -0.118. The molecule has 0 unspecified atom stereocenters. The second-order valence-electron chi connectivity index (χ2n) is 6.83. The van der Waals surface area contributed by atoms with Crippen LogP contribution >= 0.6 is 11.6 Å². The molecule has 0 atom stereocenters. The van der Waals surface area contributed by atoms with Crippen molar-refractivity contribution < 1.29 is 22.7 Å². The van der Waals surface area contributed by atoms with Crippen molar-refractivity contribution in [1.29, 1.82) is 10.5 Å².